The smallest absolute Gasteiger partial charge is 0.317 e. The number of rotatable bonds is 3. The zero-order valence-electron chi connectivity index (χ0n) is 11.7. The van der Waals surface area contributed by atoms with Gasteiger partial charge in [-0.1, -0.05) is 41.9 Å². The third-order valence-electron chi connectivity index (χ3n) is 3.29. The summed E-state index contributed by atoms with van der Waals surface area (Å²) in [4.78, 5) is 11.1. The summed E-state index contributed by atoms with van der Waals surface area (Å²) in [6, 6.07) is 10.8. The molecule has 22 heavy (non-hydrogen) atoms. The fourth-order valence-electron chi connectivity index (χ4n) is 2.34. The molecular weight excluding hydrogens is 304 g/mol. The maximum absolute atomic E-state index is 11.1. The molecule has 7 heteroatoms. The van der Waals surface area contributed by atoms with E-state index in [-0.39, 0.29) is 0 Å². The van der Waals surface area contributed by atoms with Gasteiger partial charge in [0, 0.05) is 10.9 Å². The van der Waals surface area contributed by atoms with Crippen molar-refractivity contribution < 1.29 is 9.53 Å². The van der Waals surface area contributed by atoms with Gasteiger partial charge in [-0.25, -0.2) is 4.79 Å². The molecule has 2 amide bonds. The van der Waals surface area contributed by atoms with Gasteiger partial charge in [-0.2, -0.15) is 5.10 Å². The van der Waals surface area contributed by atoms with E-state index < -0.39 is 6.03 Å². The van der Waals surface area contributed by atoms with Crippen LogP contribution in [0.15, 0.2) is 36.4 Å². The van der Waals surface area contributed by atoms with Gasteiger partial charge >= 0.3 is 6.03 Å². The summed E-state index contributed by atoms with van der Waals surface area (Å²) in [5.74, 6) is 0.790. The number of nitrogens with one attached hydrogen (secondary N) is 2. The van der Waals surface area contributed by atoms with E-state index in [4.69, 9.17) is 22.1 Å². The number of nitrogens with zero attached hydrogens (tertiary/aromatic N) is 1. The molecule has 2 aromatic carbocycles. The molecule has 6 nitrogen and oxygen atoms in total. The minimum atomic E-state index is -0.691. The number of hydrogen-bond donors (Lipinski definition) is 3. The molecule has 1 heterocycles. The maximum atomic E-state index is 11.1. The summed E-state index contributed by atoms with van der Waals surface area (Å²) in [6.07, 6.45) is 0. The summed E-state index contributed by atoms with van der Waals surface area (Å²) >= 11 is 6.45. The molecule has 0 spiro atoms. The Hall–Kier alpha value is -2.73. The molecule has 4 N–H and O–H groups in total. The highest BCUT2D eigenvalue weighted by Crippen LogP contribution is 2.42. The van der Waals surface area contributed by atoms with Gasteiger partial charge < -0.3 is 10.5 Å². The Morgan fingerprint density at radius 3 is 2.73 bits per heavy atom. The van der Waals surface area contributed by atoms with Gasteiger partial charge in [0.15, 0.2) is 11.6 Å². The molecule has 0 bridgehead atoms. The van der Waals surface area contributed by atoms with E-state index in [9.17, 15) is 4.79 Å². The van der Waals surface area contributed by atoms with Crippen molar-refractivity contribution in [1.29, 1.82) is 0 Å². The number of carbonyl (C=O) groups is 1. The minimum Gasteiger partial charge on any atom is -0.493 e. The molecule has 3 aromatic rings. The maximum Gasteiger partial charge on any atom is 0.317 e. The van der Waals surface area contributed by atoms with Gasteiger partial charge in [0.05, 0.1) is 12.1 Å². The van der Waals surface area contributed by atoms with Gasteiger partial charge in [-0.05, 0) is 11.6 Å². The monoisotopic (exact) mass is 316 g/mol. The fraction of sp³-hybridized carbons (Fsp3) is 0.0667. The molecule has 0 saturated carbocycles. The van der Waals surface area contributed by atoms with Gasteiger partial charge in [0.2, 0.25) is 0 Å². The number of anilines is 1. The van der Waals surface area contributed by atoms with Crippen molar-refractivity contribution in [1.82, 2.24) is 10.2 Å². The number of methoxy groups -OCH3 is 1. The van der Waals surface area contributed by atoms with E-state index in [1.807, 2.05) is 36.4 Å². The van der Waals surface area contributed by atoms with Crippen LogP contribution in [0.4, 0.5) is 10.6 Å². The van der Waals surface area contributed by atoms with Crippen molar-refractivity contribution in [3.05, 3.63) is 41.4 Å². The lowest BCUT2D eigenvalue weighted by Gasteiger charge is -2.11. The van der Waals surface area contributed by atoms with E-state index in [0.717, 1.165) is 11.1 Å². The number of urea groups is 1. The molecule has 0 unspecified atom stereocenters. The van der Waals surface area contributed by atoms with Crippen LogP contribution >= 0.6 is 11.6 Å². The first-order valence-electron chi connectivity index (χ1n) is 6.48. The summed E-state index contributed by atoms with van der Waals surface area (Å²) in [5.41, 5.74) is 7.46. The van der Waals surface area contributed by atoms with Gasteiger partial charge in [0.25, 0.3) is 0 Å². The van der Waals surface area contributed by atoms with Crippen LogP contribution in [0.2, 0.25) is 5.02 Å². The number of fused-ring (bicyclic) bond motifs is 1. The topological polar surface area (TPSA) is 93.0 Å². The molecule has 1 aromatic heterocycles. The first-order valence-corrected chi connectivity index (χ1v) is 6.86. The Morgan fingerprint density at radius 1 is 1.36 bits per heavy atom. The van der Waals surface area contributed by atoms with E-state index in [0.29, 0.717) is 27.5 Å². The quantitative estimate of drug-likeness (QED) is 0.691. The highest BCUT2D eigenvalue weighted by Gasteiger charge is 2.18. The zero-order valence-corrected chi connectivity index (χ0v) is 12.4. The number of benzene rings is 2. The van der Waals surface area contributed by atoms with Crippen molar-refractivity contribution in [3.8, 4) is 16.9 Å². The van der Waals surface area contributed by atoms with Gasteiger partial charge in [-0.3, -0.25) is 10.4 Å². The summed E-state index contributed by atoms with van der Waals surface area (Å²) in [6.45, 7) is 0. The number of nitrogens with two attached hydrogens (primary N) is 1. The second-order valence-electron chi connectivity index (χ2n) is 4.62. The lowest BCUT2D eigenvalue weighted by molar-refractivity contribution is 0.259. The van der Waals surface area contributed by atoms with Crippen LogP contribution in [0.5, 0.6) is 5.75 Å². The van der Waals surface area contributed by atoms with Gasteiger partial charge in [0.1, 0.15) is 5.52 Å². The summed E-state index contributed by atoms with van der Waals surface area (Å²) < 4.78 is 5.39. The van der Waals surface area contributed by atoms with Crippen LogP contribution in [-0.4, -0.2) is 23.3 Å². The molecule has 0 atom stereocenters. The molecule has 0 saturated heterocycles. The third kappa shape index (κ3) is 2.33. The molecule has 112 valence electrons. The van der Waals surface area contributed by atoms with Crippen molar-refractivity contribution in [2.24, 2.45) is 5.73 Å². The van der Waals surface area contributed by atoms with Crippen LogP contribution in [0.25, 0.3) is 22.0 Å². The van der Waals surface area contributed by atoms with Crippen LogP contribution in [0.3, 0.4) is 0 Å². The molecule has 0 fully saturated rings. The predicted molar refractivity (Wildman–Crippen MR) is 86.3 cm³/mol. The third-order valence-corrected chi connectivity index (χ3v) is 3.66. The summed E-state index contributed by atoms with van der Waals surface area (Å²) in [5, 5.41) is 10.5. The molecule has 0 aliphatic carbocycles. The normalized spacial score (nSPS) is 10.6. The van der Waals surface area contributed by atoms with Gasteiger partial charge in [-0.15, -0.1) is 0 Å². The number of amides is 2. The Morgan fingerprint density at radius 2 is 2.09 bits per heavy atom. The number of aromatic amines is 1. The van der Waals surface area contributed by atoms with Crippen LogP contribution < -0.4 is 15.8 Å². The highest BCUT2D eigenvalue weighted by atomic mass is 35.5. The second-order valence-corrected chi connectivity index (χ2v) is 5.00. The average molecular weight is 317 g/mol. The predicted octanol–water partition coefficient (Wildman–Crippen LogP) is 3.38. The molecule has 3 rings (SSSR count). The molecule has 0 aliphatic rings. The fourth-order valence-corrected chi connectivity index (χ4v) is 2.67. The first-order chi connectivity index (χ1) is 10.6. The Labute approximate surface area is 131 Å². The average Bonchev–Trinajstić information content (AvgIpc) is 2.89. The number of H-pyrrole nitrogens is 1. The second kappa shape index (κ2) is 5.57. The Kier molecular flexibility index (Phi) is 3.60. The first kappa shape index (κ1) is 14.2. The molecule has 0 radical (unpaired) electrons. The van der Waals surface area contributed by atoms with Crippen LogP contribution in [0, 0.1) is 0 Å². The SMILES string of the molecule is COc1c(Cl)c(-c2ccccc2)cc2c(NC(N)=O)n[nH]c12. The van der Waals surface area contributed by atoms with Crippen molar-refractivity contribution in [3.63, 3.8) is 0 Å². The highest BCUT2D eigenvalue weighted by molar-refractivity contribution is 6.36. The Bertz CT molecular complexity index is 846. The number of ether oxygens (including phenoxy) is 1. The molecular formula is C15H13ClN4O2. The largest absolute Gasteiger partial charge is 0.493 e. The lowest BCUT2D eigenvalue weighted by atomic mass is 10.0. The van der Waals surface area contributed by atoms with E-state index in [1.54, 1.807) is 0 Å². The van der Waals surface area contributed by atoms with Crippen molar-refractivity contribution in [2.75, 3.05) is 12.4 Å². The Balaban J connectivity index is 2.29. The van der Waals surface area contributed by atoms with E-state index >= 15 is 0 Å². The number of hydrogen-bond acceptors (Lipinski definition) is 3. The summed E-state index contributed by atoms with van der Waals surface area (Å²) in [7, 11) is 1.53. The number of halogens is 1. The van der Waals surface area contributed by atoms with Crippen molar-refractivity contribution in [2.45, 2.75) is 0 Å². The van der Waals surface area contributed by atoms with Crippen LogP contribution in [0.1, 0.15) is 0 Å². The minimum absolute atomic E-state index is 0.328. The van der Waals surface area contributed by atoms with Crippen LogP contribution in [-0.2, 0) is 0 Å². The number of aromatic nitrogens is 2. The standard InChI is InChI=1S/C15H13ClN4O2/c1-22-13-11(16)9(8-5-3-2-4-6-8)7-10-12(13)19-20-14(10)18-15(17)21/h2-7H,1H3,(H4,17,18,19,20,21). The number of primary amides is 1. The molecule has 0 aliphatic heterocycles. The van der Waals surface area contributed by atoms with E-state index in [2.05, 4.69) is 15.5 Å². The zero-order chi connectivity index (χ0) is 15.7. The number of carbonyl (C=O) groups excluding carboxylic acids is 1. The lowest BCUT2D eigenvalue weighted by Crippen LogP contribution is -2.19. The van der Waals surface area contributed by atoms with Crippen molar-refractivity contribution >= 4 is 34.4 Å². The van der Waals surface area contributed by atoms with E-state index in [1.165, 1.54) is 7.11 Å².